The predicted octanol–water partition coefficient (Wildman–Crippen LogP) is 3.28. The van der Waals surface area contributed by atoms with Crippen molar-refractivity contribution in [1.29, 1.82) is 0 Å². The number of aromatic nitrogens is 2. The molecule has 1 aromatic carbocycles. The van der Waals surface area contributed by atoms with Gasteiger partial charge in [-0.15, -0.1) is 0 Å². The minimum atomic E-state index is -0.485. The monoisotopic (exact) mass is 273 g/mol. The fourth-order valence-corrected chi connectivity index (χ4v) is 2.22. The smallest absolute Gasteiger partial charge is 0.287 e. The second-order valence-corrected chi connectivity index (χ2v) is 4.63. The molecule has 0 saturated heterocycles. The van der Waals surface area contributed by atoms with Crippen molar-refractivity contribution in [3.8, 4) is 0 Å². The lowest BCUT2D eigenvalue weighted by molar-refractivity contribution is -0.385. The lowest BCUT2D eigenvalue weighted by Gasteiger charge is -1.95. The Morgan fingerprint density at radius 2 is 2.05 bits per heavy atom. The molecule has 2 aromatic heterocycles. The maximum Gasteiger partial charge on any atom is 0.287 e. The molecule has 0 bridgehead atoms. The van der Waals surface area contributed by atoms with Crippen LogP contribution in [0.3, 0.4) is 0 Å². The zero-order valence-corrected chi connectivity index (χ0v) is 10.3. The van der Waals surface area contributed by atoms with Crippen molar-refractivity contribution in [2.45, 2.75) is 10.2 Å². The molecule has 2 heterocycles. The van der Waals surface area contributed by atoms with Crippen LogP contribution in [0.25, 0.3) is 11.1 Å². The van der Waals surface area contributed by atoms with Gasteiger partial charge in [0.2, 0.25) is 0 Å². The van der Waals surface area contributed by atoms with Gasteiger partial charge in [0, 0.05) is 6.07 Å². The first kappa shape index (κ1) is 11.7. The molecule has 19 heavy (non-hydrogen) atoms. The van der Waals surface area contributed by atoms with E-state index in [1.165, 1.54) is 24.0 Å². The molecule has 3 rings (SSSR count). The molecule has 0 aliphatic carbocycles. The summed E-state index contributed by atoms with van der Waals surface area (Å²) >= 11 is 1.22. The number of para-hydroxylation sites is 2. The number of oxazole rings is 1. The second kappa shape index (κ2) is 4.69. The SMILES string of the molecule is O=[N+]([O-])c1ccc(Sc2nc3ccccc3o2)nc1. The zero-order valence-electron chi connectivity index (χ0n) is 9.52. The maximum atomic E-state index is 10.5. The van der Waals surface area contributed by atoms with Crippen LogP contribution in [0.2, 0.25) is 0 Å². The number of pyridine rings is 1. The summed E-state index contributed by atoms with van der Waals surface area (Å²) in [6.07, 6.45) is 1.21. The van der Waals surface area contributed by atoms with Gasteiger partial charge in [0.05, 0.1) is 4.92 Å². The summed E-state index contributed by atoms with van der Waals surface area (Å²) in [5, 5.41) is 11.6. The van der Waals surface area contributed by atoms with Crippen LogP contribution >= 0.6 is 11.8 Å². The van der Waals surface area contributed by atoms with Crippen molar-refractivity contribution in [2.75, 3.05) is 0 Å². The topological polar surface area (TPSA) is 82.1 Å². The highest BCUT2D eigenvalue weighted by Gasteiger charge is 2.10. The van der Waals surface area contributed by atoms with E-state index < -0.39 is 4.92 Å². The minimum Gasteiger partial charge on any atom is -0.431 e. The van der Waals surface area contributed by atoms with Crippen LogP contribution in [-0.4, -0.2) is 14.9 Å². The highest BCUT2D eigenvalue weighted by Crippen LogP contribution is 2.29. The van der Waals surface area contributed by atoms with Crippen molar-refractivity contribution in [3.05, 3.63) is 52.7 Å². The molecule has 0 aliphatic heterocycles. The summed E-state index contributed by atoms with van der Waals surface area (Å²) in [6.45, 7) is 0. The molecule has 6 nitrogen and oxygen atoms in total. The third kappa shape index (κ3) is 2.41. The number of fused-ring (bicyclic) bond motifs is 1. The summed E-state index contributed by atoms with van der Waals surface area (Å²) in [6, 6.07) is 10.4. The van der Waals surface area contributed by atoms with E-state index in [1.807, 2.05) is 24.3 Å². The van der Waals surface area contributed by atoms with Crippen LogP contribution < -0.4 is 0 Å². The first-order valence-electron chi connectivity index (χ1n) is 5.36. The van der Waals surface area contributed by atoms with Gasteiger partial charge in [0.15, 0.2) is 5.58 Å². The zero-order chi connectivity index (χ0) is 13.2. The largest absolute Gasteiger partial charge is 0.431 e. The van der Waals surface area contributed by atoms with Gasteiger partial charge in [-0.05, 0) is 30.0 Å². The van der Waals surface area contributed by atoms with Crippen molar-refractivity contribution >= 4 is 28.5 Å². The number of benzene rings is 1. The molecule has 0 amide bonds. The normalized spacial score (nSPS) is 10.7. The number of hydrogen-bond acceptors (Lipinski definition) is 6. The van der Waals surface area contributed by atoms with Crippen LogP contribution in [0, 0.1) is 10.1 Å². The van der Waals surface area contributed by atoms with Gasteiger partial charge in [-0.1, -0.05) is 12.1 Å². The Kier molecular flexibility index (Phi) is 2.88. The molecule has 0 unspecified atom stereocenters. The standard InChI is InChI=1S/C12H7N3O3S/c16-15(17)8-5-6-11(13-7-8)19-12-14-9-3-1-2-4-10(9)18-12/h1-7H. The molecular weight excluding hydrogens is 266 g/mol. The first-order chi connectivity index (χ1) is 9.22. The molecule has 3 aromatic rings. The molecule has 0 atom stereocenters. The number of nitro groups is 1. The molecule has 94 valence electrons. The Hall–Kier alpha value is -2.41. The average molecular weight is 273 g/mol. The summed E-state index contributed by atoms with van der Waals surface area (Å²) in [4.78, 5) is 18.3. The van der Waals surface area contributed by atoms with Crippen molar-refractivity contribution < 1.29 is 9.34 Å². The third-order valence-corrected chi connectivity index (χ3v) is 3.20. The quantitative estimate of drug-likeness (QED) is 0.538. The lowest BCUT2D eigenvalue weighted by Crippen LogP contribution is -1.89. The van der Waals surface area contributed by atoms with Crippen LogP contribution in [0.15, 0.2) is 57.3 Å². The number of hydrogen-bond donors (Lipinski definition) is 0. The van der Waals surface area contributed by atoms with Crippen LogP contribution in [-0.2, 0) is 0 Å². The van der Waals surface area contributed by atoms with Gasteiger partial charge in [-0.2, -0.15) is 0 Å². The summed E-state index contributed by atoms with van der Waals surface area (Å²) in [5.41, 5.74) is 1.43. The van der Waals surface area contributed by atoms with E-state index in [-0.39, 0.29) is 5.69 Å². The van der Waals surface area contributed by atoms with Gasteiger partial charge in [0.25, 0.3) is 10.9 Å². The van der Waals surface area contributed by atoms with Crippen molar-refractivity contribution in [3.63, 3.8) is 0 Å². The molecule has 0 fully saturated rings. The summed E-state index contributed by atoms with van der Waals surface area (Å²) in [7, 11) is 0. The van der Waals surface area contributed by atoms with Gasteiger partial charge >= 0.3 is 0 Å². The Morgan fingerprint density at radius 1 is 1.21 bits per heavy atom. The van der Waals surface area contributed by atoms with Crippen molar-refractivity contribution in [2.24, 2.45) is 0 Å². The maximum absolute atomic E-state index is 10.5. The van der Waals surface area contributed by atoms with Gasteiger partial charge in [-0.25, -0.2) is 9.97 Å². The second-order valence-electron chi connectivity index (χ2n) is 3.66. The Morgan fingerprint density at radius 3 is 2.74 bits per heavy atom. The fraction of sp³-hybridized carbons (Fsp3) is 0. The number of nitrogens with zero attached hydrogens (tertiary/aromatic N) is 3. The Bertz CT molecular complexity index is 706. The van der Waals surface area contributed by atoms with E-state index in [2.05, 4.69) is 9.97 Å². The lowest BCUT2D eigenvalue weighted by atomic mass is 10.3. The molecule has 0 aliphatic rings. The fourth-order valence-electron chi connectivity index (χ4n) is 1.53. The van der Waals surface area contributed by atoms with E-state index in [0.29, 0.717) is 15.8 Å². The molecule has 0 spiro atoms. The predicted molar refractivity (Wildman–Crippen MR) is 69.0 cm³/mol. The third-order valence-electron chi connectivity index (χ3n) is 2.40. The summed E-state index contributed by atoms with van der Waals surface area (Å²) < 4.78 is 5.53. The van der Waals surface area contributed by atoms with Crippen LogP contribution in [0.4, 0.5) is 5.69 Å². The van der Waals surface area contributed by atoms with E-state index in [0.717, 1.165) is 5.52 Å². The van der Waals surface area contributed by atoms with Gasteiger partial charge < -0.3 is 4.42 Å². The Labute approximate surface area is 111 Å². The van der Waals surface area contributed by atoms with Crippen LogP contribution in [0.1, 0.15) is 0 Å². The molecular formula is C12H7N3O3S. The molecule has 0 N–H and O–H groups in total. The van der Waals surface area contributed by atoms with E-state index in [4.69, 9.17) is 4.42 Å². The first-order valence-corrected chi connectivity index (χ1v) is 6.18. The van der Waals surface area contributed by atoms with E-state index >= 15 is 0 Å². The molecule has 0 radical (unpaired) electrons. The van der Waals surface area contributed by atoms with E-state index in [9.17, 15) is 10.1 Å². The van der Waals surface area contributed by atoms with E-state index in [1.54, 1.807) is 6.07 Å². The van der Waals surface area contributed by atoms with Crippen LogP contribution in [0.5, 0.6) is 0 Å². The highest BCUT2D eigenvalue weighted by atomic mass is 32.2. The highest BCUT2D eigenvalue weighted by molar-refractivity contribution is 7.99. The van der Waals surface area contributed by atoms with Gasteiger partial charge in [-0.3, -0.25) is 10.1 Å². The summed E-state index contributed by atoms with van der Waals surface area (Å²) in [5.74, 6) is 0. The number of rotatable bonds is 3. The Balaban J connectivity index is 1.86. The average Bonchev–Trinajstić information content (AvgIpc) is 2.81. The van der Waals surface area contributed by atoms with Gasteiger partial charge in [0.1, 0.15) is 16.7 Å². The minimum absolute atomic E-state index is 0.0399. The van der Waals surface area contributed by atoms with Crippen molar-refractivity contribution in [1.82, 2.24) is 9.97 Å². The molecule has 0 saturated carbocycles. The molecule has 7 heteroatoms.